The van der Waals surface area contributed by atoms with Gasteiger partial charge in [-0.25, -0.2) is 0 Å². The quantitative estimate of drug-likeness (QED) is 0.567. The maximum atomic E-state index is 9.43. The van der Waals surface area contributed by atoms with Gasteiger partial charge in [0.1, 0.15) is 5.75 Å². The lowest BCUT2D eigenvalue weighted by Crippen LogP contribution is -1.77. The van der Waals surface area contributed by atoms with Gasteiger partial charge in [0.2, 0.25) is 0 Å². The highest BCUT2D eigenvalue weighted by molar-refractivity contribution is 6.35. The van der Waals surface area contributed by atoms with Crippen LogP contribution < -0.4 is 0 Å². The molecule has 0 fully saturated rings. The zero-order valence-electron chi connectivity index (χ0n) is 8.44. The van der Waals surface area contributed by atoms with E-state index in [9.17, 15) is 5.11 Å². The Kier molecular flexibility index (Phi) is 2.01. The third kappa shape index (κ3) is 1.41. The summed E-state index contributed by atoms with van der Waals surface area (Å²) in [5.74, 6) is 0.286. The second-order valence-corrected chi connectivity index (χ2v) is 4.25. The van der Waals surface area contributed by atoms with Gasteiger partial charge in [-0.3, -0.25) is 0 Å². The highest BCUT2D eigenvalue weighted by Crippen LogP contribution is 2.29. The Morgan fingerprint density at radius 2 is 1.69 bits per heavy atom. The Bertz CT molecular complexity index is 688. The number of rotatable bonds is 0. The van der Waals surface area contributed by atoms with Gasteiger partial charge in [0.25, 0.3) is 0 Å². The van der Waals surface area contributed by atoms with Crippen molar-refractivity contribution in [1.29, 1.82) is 0 Å². The molecule has 0 spiro atoms. The molecular formula is C14H9ClO. The number of hydrogen-bond donors (Lipinski definition) is 1. The van der Waals surface area contributed by atoms with Crippen LogP contribution in [0.1, 0.15) is 0 Å². The number of hydrogen-bond acceptors (Lipinski definition) is 1. The minimum Gasteiger partial charge on any atom is -0.508 e. The fraction of sp³-hybridized carbons (Fsp3) is 0. The van der Waals surface area contributed by atoms with Crippen molar-refractivity contribution >= 4 is 33.1 Å². The first-order chi connectivity index (χ1) is 7.74. The second-order valence-electron chi connectivity index (χ2n) is 3.84. The van der Waals surface area contributed by atoms with Crippen molar-refractivity contribution in [2.45, 2.75) is 0 Å². The van der Waals surface area contributed by atoms with Crippen LogP contribution in [0.15, 0.2) is 48.5 Å². The summed E-state index contributed by atoms with van der Waals surface area (Å²) in [6.45, 7) is 0. The third-order valence-corrected chi connectivity index (χ3v) is 3.10. The first-order valence-electron chi connectivity index (χ1n) is 5.05. The van der Waals surface area contributed by atoms with Gasteiger partial charge < -0.3 is 5.11 Å². The van der Waals surface area contributed by atoms with Crippen molar-refractivity contribution in [1.82, 2.24) is 0 Å². The average Bonchev–Trinajstić information content (AvgIpc) is 2.27. The maximum Gasteiger partial charge on any atom is 0.116 e. The standard InChI is InChI=1S/C14H9ClO/c15-14-3-1-2-10-6-11-7-12(16)5-4-9(11)8-13(10)14/h1-8,16H. The SMILES string of the molecule is Oc1ccc2cc3c(Cl)cccc3cc2c1. The lowest BCUT2D eigenvalue weighted by molar-refractivity contribution is 0.476. The molecule has 2 heteroatoms. The molecule has 0 aliphatic heterocycles. The molecule has 3 rings (SSSR count). The summed E-state index contributed by atoms with van der Waals surface area (Å²) in [5.41, 5.74) is 0. The first kappa shape index (κ1) is 9.49. The smallest absolute Gasteiger partial charge is 0.116 e. The predicted octanol–water partition coefficient (Wildman–Crippen LogP) is 4.35. The van der Waals surface area contributed by atoms with E-state index in [1.54, 1.807) is 12.1 Å². The summed E-state index contributed by atoms with van der Waals surface area (Å²) in [5, 5.41) is 14.4. The molecule has 1 nitrogen and oxygen atoms in total. The molecule has 78 valence electrons. The van der Waals surface area contributed by atoms with E-state index >= 15 is 0 Å². The molecular weight excluding hydrogens is 220 g/mol. The van der Waals surface area contributed by atoms with E-state index in [4.69, 9.17) is 11.6 Å². The van der Waals surface area contributed by atoms with Crippen LogP contribution in [-0.4, -0.2) is 5.11 Å². The predicted molar refractivity (Wildman–Crippen MR) is 68.1 cm³/mol. The van der Waals surface area contributed by atoms with Gasteiger partial charge in [0.05, 0.1) is 0 Å². The van der Waals surface area contributed by atoms with E-state index < -0.39 is 0 Å². The Morgan fingerprint density at radius 1 is 0.812 bits per heavy atom. The molecule has 0 aliphatic rings. The molecule has 0 amide bonds. The maximum absolute atomic E-state index is 9.43. The molecule has 0 heterocycles. The molecule has 0 aliphatic carbocycles. The largest absolute Gasteiger partial charge is 0.508 e. The number of benzene rings is 3. The first-order valence-corrected chi connectivity index (χ1v) is 5.43. The van der Waals surface area contributed by atoms with Crippen LogP contribution in [0.5, 0.6) is 5.75 Å². The monoisotopic (exact) mass is 228 g/mol. The van der Waals surface area contributed by atoms with Crippen LogP contribution in [0.4, 0.5) is 0 Å². The number of aromatic hydroxyl groups is 1. The van der Waals surface area contributed by atoms with Crippen LogP contribution >= 0.6 is 11.6 Å². The number of fused-ring (bicyclic) bond motifs is 2. The van der Waals surface area contributed by atoms with Crippen molar-refractivity contribution in [3.05, 3.63) is 53.6 Å². The van der Waals surface area contributed by atoms with E-state index in [-0.39, 0.29) is 5.75 Å². The average molecular weight is 229 g/mol. The number of halogens is 1. The van der Waals surface area contributed by atoms with Gasteiger partial charge in [-0.05, 0) is 46.5 Å². The molecule has 3 aromatic rings. The van der Waals surface area contributed by atoms with Crippen LogP contribution in [0.2, 0.25) is 5.02 Å². The van der Waals surface area contributed by atoms with Gasteiger partial charge >= 0.3 is 0 Å². The zero-order chi connectivity index (χ0) is 11.1. The summed E-state index contributed by atoms with van der Waals surface area (Å²) in [7, 11) is 0. The van der Waals surface area contributed by atoms with Gasteiger partial charge in [-0.2, -0.15) is 0 Å². The summed E-state index contributed by atoms with van der Waals surface area (Å²) >= 11 is 6.14. The van der Waals surface area contributed by atoms with Crippen molar-refractivity contribution in [2.75, 3.05) is 0 Å². The molecule has 0 unspecified atom stereocenters. The highest BCUT2D eigenvalue weighted by atomic mass is 35.5. The van der Waals surface area contributed by atoms with Crippen molar-refractivity contribution in [3.8, 4) is 5.75 Å². The minimum absolute atomic E-state index is 0.286. The van der Waals surface area contributed by atoms with E-state index in [0.717, 1.165) is 26.6 Å². The van der Waals surface area contributed by atoms with Crippen LogP contribution in [-0.2, 0) is 0 Å². The summed E-state index contributed by atoms with van der Waals surface area (Å²) in [6, 6.07) is 15.3. The normalized spacial score (nSPS) is 11.1. The fourth-order valence-corrected chi connectivity index (χ4v) is 2.21. The van der Waals surface area contributed by atoms with Crippen molar-refractivity contribution in [2.24, 2.45) is 0 Å². The van der Waals surface area contributed by atoms with Crippen molar-refractivity contribution < 1.29 is 5.11 Å². The molecule has 0 saturated carbocycles. The van der Waals surface area contributed by atoms with Crippen LogP contribution in [0.3, 0.4) is 0 Å². The van der Waals surface area contributed by atoms with E-state index in [1.165, 1.54) is 0 Å². The Morgan fingerprint density at radius 3 is 2.56 bits per heavy atom. The summed E-state index contributed by atoms with van der Waals surface area (Å²) < 4.78 is 0. The molecule has 0 saturated heterocycles. The lowest BCUT2D eigenvalue weighted by Gasteiger charge is -2.04. The lowest BCUT2D eigenvalue weighted by atomic mass is 10.0. The zero-order valence-corrected chi connectivity index (χ0v) is 9.20. The molecule has 3 aromatic carbocycles. The Hall–Kier alpha value is -1.73. The Labute approximate surface area is 97.9 Å². The third-order valence-electron chi connectivity index (χ3n) is 2.77. The highest BCUT2D eigenvalue weighted by Gasteiger charge is 2.01. The van der Waals surface area contributed by atoms with Gasteiger partial charge in [-0.15, -0.1) is 0 Å². The van der Waals surface area contributed by atoms with Crippen LogP contribution in [0.25, 0.3) is 21.5 Å². The molecule has 0 radical (unpaired) electrons. The van der Waals surface area contributed by atoms with Crippen molar-refractivity contribution in [3.63, 3.8) is 0 Å². The number of phenolic OH excluding ortho intramolecular Hbond substituents is 1. The summed E-state index contributed by atoms with van der Waals surface area (Å²) in [4.78, 5) is 0. The van der Waals surface area contributed by atoms with E-state index in [0.29, 0.717) is 0 Å². The molecule has 0 aromatic heterocycles. The minimum atomic E-state index is 0.286. The van der Waals surface area contributed by atoms with Crippen LogP contribution in [0, 0.1) is 0 Å². The van der Waals surface area contributed by atoms with E-state index in [2.05, 4.69) is 0 Å². The topological polar surface area (TPSA) is 20.2 Å². The molecule has 1 N–H and O–H groups in total. The number of phenols is 1. The molecule has 0 atom stereocenters. The Balaban J connectivity index is 2.49. The van der Waals surface area contributed by atoms with Gasteiger partial charge in [-0.1, -0.05) is 29.8 Å². The van der Waals surface area contributed by atoms with Gasteiger partial charge in [0.15, 0.2) is 0 Å². The molecule has 0 bridgehead atoms. The summed E-state index contributed by atoms with van der Waals surface area (Å²) in [6.07, 6.45) is 0. The fourth-order valence-electron chi connectivity index (χ4n) is 1.97. The second kappa shape index (κ2) is 3.39. The molecule has 16 heavy (non-hydrogen) atoms. The van der Waals surface area contributed by atoms with Gasteiger partial charge in [0, 0.05) is 10.4 Å². The van der Waals surface area contributed by atoms with E-state index in [1.807, 2.05) is 36.4 Å².